The number of allylic oxidation sites excluding steroid dienone is 2. The van der Waals surface area contributed by atoms with Crippen molar-refractivity contribution in [1.82, 2.24) is 9.97 Å². The molecule has 0 atom stereocenters. The van der Waals surface area contributed by atoms with E-state index in [2.05, 4.69) is 106 Å². The molecule has 0 amide bonds. The number of aryl methyl sites for hydroxylation is 1. The summed E-state index contributed by atoms with van der Waals surface area (Å²) in [4.78, 5) is 22.0. The quantitative estimate of drug-likeness (QED) is 0.0558. The Morgan fingerprint density at radius 1 is 0.836 bits per heavy atom. The second-order valence-electron chi connectivity index (χ2n) is 18.9. The van der Waals surface area contributed by atoms with Crippen LogP contribution in [0.5, 0.6) is 0 Å². The zero-order valence-corrected chi connectivity index (χ0v) is 41.4. The van der Waals surface area contributed by atoms with E-state index in [-0.39, 0.29) is 47.9 Å². The molecule has 4 aromatic rings. The maximum Gasteiger partial charge on any atom is 0.164 e. The van der Waals surface area contributed by atoms with E-state index >= 15 is 0 Å². The van der Waals surface area contributed by atoms with E-state index in [1.54, 1.807) is 10.8 Å². The van der Waals surface area contributed by atoms with E-state index in [1.165, 1.54) is 45.4 Å². The van der Waals surface area contributed by atoms with Crippen molar-refractivity contribution in [3.05, 3.63) is 65.7 Å². The van der Waals surface area contributed by atoms with Crippen LogP contribution in [0.25, 0.3) is 32.2 Å². The van der Waals surface area contributed by atoms with E-state index in [0.717, 1.165) is 47.8 Å². The van der Waals surface area contributed by atoms with Gasteiger partial charge in [0.25, 0.3) is 0 Å². The number of thiophene rings is 1. The first-order valence-corrected chi connectivity index (χ1v) is 24.2. The van der Waals surface area contributed by atoms with Crippen LogP contribution in [-0.4, -0.2) is 28.9 Å². The van der Waals surface area contributed by atoms with Crippen molar-refractivity contribution in [2.24, 2.45) is 28.6 Å². The predicted molar refractivity (Wildman–Crippen MR) is 240 cm³/mol. The average molecular weight is 962 g/mol. The van der Waals surface area contributed by atoms with Crippen LogP contribution in [0.2, 0.25) is 18.1 Å². The first kappa shape index (κ1) is 49.0. The number of benzene rings is 2. The molecule has 0 aliphatic heterocycles. The molecular formula is C48H73IrN2O2SSi-. The van der Waals surface area contributed by atoms with Crippen LogP contribution in [0.3, 0.4) is 0 Å². The molecule has 2 heterocycles. The van der Waals surface area contributed by atoms with Gasteiger partial charge in [-0.05, 0) is 65.8 Å². The molecule has 0 fully saturated rings. The maximum absolute atomic E-state index is 12.2. The Morgan fingerprint density at radius 2 is 1.35 bits per heavy atom. The first-order chi connectivity index (χ1) is 25.1. The van der Waals surface area contributed by atoms with Crippen LogP contribution in [0, 0.1) is 41.6 Å². The molecule has 7 heteroatoms. The van der Waals surface area contributed by atoms with Gasteiger partial charge in [0.1, 0.15) is 20.2 Å². The van der Waals surface area contributed by atoms with Crippen molar-refractivity contribution in [2.45, 2.75) is 160 Å². The molecule has 2 aromatic carbocycles. The molecule has 1 N–H and O–H groups in total. The minimum absolute atomic E-state index is 0. The average Bonchev–Trinajstić information content (AvgIpc) is 3.46. The summed E-state index contributed by atoms with van der Waals surface area (Å²) in [5.41, 5.74) is 5.47. The molecule has 307 valence electrons. The van der Waals surface area contributed by atoms with Crippen LogP contribution in [0.15, 0.2) is 48.5 Å². The van der Waals surface area contributed by atoms with Crippen LogP contribution in [0.1, 0.15) is 141 Å². The van der Waals surface area contributed by atoms with Crippen molar-refractivity contribution in [2.75, 3.05) is 0 Å². The van der Waals surface area contributed by atoms with Crippen LogP contribution < -0.4 is 4.50 Å². The van der Waals surface area contributed by atoms with Gasteiger partial charge in [-0.3, -0.25) is 9.78 Å². The number of rotatable bonds is 15. The Hall–Kier alpha value is -2.18. The smallest absolute Gasteiger partial charge is 0.164 e. The van der Waals surface area contributed by atoms with Gasteiger partial charge in [0.05, 0.1) is 5.52 Å². The number of aliphatic hydroxyl groups excluding tert-OH is 1. The number of aromatic nitrogens is 2. The summed E-state index contributed by atoms with van der Waals surface area (Å²) in [5.74, 6) is 2.38. The Bertz CT molecular complexity index is 1870. The van der Waals surface area contributed by atoms with Crippen molar-refractivity contribution in [3.8, 4) is 11.3 Å². The molecule has 0 aliphatic rings. The number of carbonyl (C=O) groups excluding carboxylic acids is 1. The first-order valence-electron chi connectivity index (χ1n) is 20.8. The number of hydrogen-bond donors (Lipinski definition) is 1. The van der Waals surface area contributed by atoms with Gasteiger partial charge in [0, 0.05) is 47.4 Å². The largest absolute Gasteiger partial charge is 0.512 e. The van der Waals surface area contributed by atoms with E-state index < -0.39 is 8.07 Å². The van der Waals surface area contributed by atoms with Crippen molar-refractivity contribution < 1.29 is 30.0 Å². The molecule has 55 heavy (non-hydrogen) atoms. The number of hydrogen-bond acceptors (Lipinski definition) is 5. The summed E-state index contributed by atoms with van der Waals surface area (Å²) in [6.45, 7) is 35.8. The van der Waals surface area contributed by atoms with Gasteiger partial charge >= 0.3 is 0 Å². The molecule has 0 spiro atoms. The zero-order chi connectivity index (χ0) is 40.8. The van der Waals surface area contributed by atoms with Gasteiger partial charge in [0.15, 0.2) is 5.78 Å². The molecule has 4 nitrogen and oxygen atoms in total. The Kier molecular flexibility index (Phi) is 17.8. The van der Waals surface area contributed by atoms with Gasteiger partial charge in [-0.1, -0.05) is 151 Å². The molecule has 0 unspecified atom stereocenters. The van der Waals surface area contributed by atoms with Gasteiger partial charge < -0.3 is 5.11 Å². The summed E-state index contributed by atoms with van der Waals surface area (Å²) in [5, 5.41) is 12.6. The summed E-state index contributed by atoms with van der Waals surface area (Å²) >= 11 is 2.01. The fourth-order valence-electron chi connectivity index (χ4n) is 8.26. The number of carbonyl (C=O) groups is 1. The Morgan fingerprint density at radius 3 is 1.82 bits per heavy atom. The molecule has 0 saturated heterocycles. The summed E-state index contributed by atoms with van der Waals surface area (Å²) < 4.78 is 2.91. The minimum Gasteiger partial charge on any atom is -0.512 e. The summed E-state index contributed by atoms with van der Waals surface area (Å²) in [7, 11) is -1.76. The fraction of sp³-hybridized carbons (Fsp3) is 0.604. The number of nitrogens with zero attached hydrogens (tertiary/aromatic N) is 2. The van der Waals surface area contributed by atoms with Crippen LogP contribution in [-0.2, 0) is 30.3 Å². The molecule has 0 aliphatic carbocycles. The molecule has 0 saturated carbocycles. The van der Waals surface area contributed by atoms with E-state index in [4.69, 9.17) is 9.97 Å². The van der Waals surface area contributed by atoms with Crippen molar-refractivity contribution in [1.29, 1.82) is 0 Å². The molecule has 4 rings (SSSR count). The normalized spacial score (nSPS) is 13.1. The molecule has 0 bridgehead atoms. The second-order valence-corrected chi connectivity index (χ2v) is 24.5. The Labute approximate surface area is 354 Å². The van der Waals surface area contributed by atoms with Crippen molar-refractivity contribution >= 4 is 50.7 Å². The number of aliphatic hydroxyl groups is 1. The third kappa shape index (κ3) is 11.5. The van der Waals surface area contributed by atoms with Gasteiger partial charge in [-0.25, -0.2) is 4.98 Å². The minimum atomic E-state index is -1.76. The van der Waals surface area contributed by atoms with Crippen LogP contribution in [0.4, 0.5) is 0 Å². The van der Waals surface area contributed by atoms with Crippen LogP contribution >= 0.6 is 11.3 Å². The molecule has 2 aromatic heterocycles. The summed E-state index contributed by atoms with van der Waals surface area (Å²) in [6.07, 6.45) is 6.53. The zero-order valence-electron chi connectivity index (χ0n) is 37.2. The topological polar surface area (TPSA) is 63.1 Å². The predicted octanol–water partition coefficient (Wildman–Crippen LogP) is 14.2. The SMILES string of the molecule is CCC(C)(CC)C(=O)/C=C(\O)C(C)(CC)CC.Cc1c([Si](CC(C)C)(CC(C)C)CC(C)C)sc2c(-c3[c-]c4ccccc4c(C(C)(C)C)c3)ncnc12.[Ir]. The fourth-order valence-corrected chi connectivity index (χ4v) is 17.9. The van der Waals surface area contributed by atoms with E-state index in [1.807, 2.05) is 52.9 Å². The monoisotopic (exact) mass is 962 g/mol. The Balaban J connectivity index is 0.000000493. The summed E-state index contributed by atoms with van der Waals surface area (Å²) in [6, 6.07) is 18.8. The van der Waals surface area contributed by atoms with Gasteiger partial charge in [-0.2, -0.15) is 0 Å². The number of ketones is 1. The van der Waals surface area contributed by atoms with E-state index in [0.29, 0.717) is 17.8 Å². The second kappa shape index (κ2) is 20.0. The third-order valence-electron chi connectivity index (χ3n) is 12.0. The number of fused-ring (bicyclic) bond motifs is 2. The standard InChI is InChI=1S/C33H45N2SSi.C15H28O2.Ir/c1-21(2)17-37(18-22(3)4,19-23(5)6)32-24(7)29-31(36-32)30(35-20-34-29)26-15-25-13-11-12-14-27(25)28(16-26)33(8,9)10;1-7-14(5,8-2)12(16)11-13(17)15(6,9-3)10-4;/h11-14,16,20-23H,17-19H2,1-10H3;11,16H,7-10H2,1-6H3;/q-1;;/b;12-11-;. The van der Waals surface area contributed by atoms with Gasteiger partial charge in [-0.15, -0.1) is 40.5 Å². The third-order valence-corrected chi connectivity index (χ3v) is 20.9. The van der Waals surface area contributed by atoms with E-state index in [9.17, 15) is 9.90 Å². The van der Waals surface area contributed by atoms with Crippen molar-refractivity contribution in [3.63, 3.8) is 0 Å². The van der Waals surface area contributed by atoms with Gasteiger partial charge in [0.2, 0.25) is 0 Å². The molecular weight excluding hydrogens is 889 g/mol. The maximum atomic E-state index is 12.2. The molecule has 1 radical (unpaired) electrons.